The summed E-state index contributed by atoms with van der Waals surface area (Å²) in [5.74, 6) is 2.39. The van der Waals surface area contributed by atoms with Gasteiger partial charge in [-0.25, -0.2) is 29.9 Å². The van der Waals surface area contributed by atoms with Gasteiger partial charge in [-0.05, 0) is 0 Å². The number of rotatable bonds is 0. The van der Waals surface area contributed by atoms with E-state index < -0.39 is 0 Å². The molecular formula is C50H29CuN8. The molecule has 0 saturated heterocycles. The molecule has 0 fully saturated rings. The molecule has 5 heterocycles. The molecule has 0 unspecified atom stereocenters. The predicted octanol–water partition coefficient (Wildman–Crippen LogP) is 11.2. The van der Waals surface area contributed by atoms with Gasteiger partial charge in [-0.3, -0.25) is 0 Å². The normalized spacial score (nSPS) is 11.8. The van der Waals surface area contributed by atoms with E-state index in [0.29, 0.717) is 45.9 Å². The van der Waals surface area contributed by atoms with Crippen molar-refractivity contribution in [1.82, 2.24) is 39.9 Å². The summed E-state index contributed by atoms with van der Waals surface area (Å²) in [4.78, 5) is 36.8. The van der Waals surface area contributed by atoms with Crippen molar-refractivity contribution in [3.8, 4) is 45.6 Å². The third-order valence-electron chi connectivity index (χ3n) is 11.1. The van der Waals surface area contributed by atoms with Crippen molar-refractivity contribution in [2.45, 2.75) is 0 Å². The molecule has 13 rings (SSSR count). The smallest absolute Gasteiger partial charge is 0.164 e. The summed E-state index contributed by atoms with van der Waals surface area (Å²) >= 11 is 5.67. The first-order valence-electron chi connectivity index (χ1n) is 19.3. The summed E-state index contributed by atoms with van der Waals surface area (Å²) in [5.41, 5.74) is 6.45. The standard InChI is InChI=1S/C32H18N8.C18H11.Cu/c1-2-10-18-17(9-1)25-33-26(18)38-28-21-13-5-6-14-22(21)30(35-28)40-32-24-16-8-7-15-23(24)31(36-32)39-29-20-12-4-3-11-19(20)27(34-29)37-25;1-2-7-15-12-18-16(11-14(15)6-1)10-9-13-5-3-4-8-17(13)18;/h1-16H,(H2,33,34,35,36,37,38,39,40);1-7,9-12H;. The first-order chi connectivity index (χ1) is 29.1. The van der Waals surface area contributed by atoms with E-state index in [1.54, 1.807) is 0 Å². The Morgan fingerprint density at radius 2 is 0.678 bits per heavy atom. The van der Waals surface area contributed by atoms with Crippen LogP contribution in [0.2, 0.25) is 0 Å². The van der Waals surface area contributed by atoms with Gasteiger partial charge >= 0.3 is 120 Å². The quantitative estimate of drug-likeness (QED) is 0.0897. The molecule has 2 aliphatic heterocycles. The van der Waals surface area contributed by atoms with Crippen LogP contribution < -0.4 is 4.46 Å². The molecule has 2 N–H and O–H groups in total. The number of fused-ring (bicyclic) bond motifs is 24. The fourth-order valence-corrected chi connectivity index (χ4v) is 8.67. The molecule has 11 aromatic rings. The number of nitrogens with one attached hydrogen (secondary N) is 2. The molecule has 2 aliphatic rings. The molecular weight excluding hydrogens is 776 g/mol. The molecule has 8 nitrogen and oxygen atoms in total. The number of hydrogen-bond donors (Lipinski definition) is 2. The maximum absolute atomic E-state index is 5.67. The Balaban J connectivity index is 0.000000166. The molecule has 0 radical (unpaired) electrons. The summed E-state index contributed by atoms with van der Waals surface area (Å²) in [6, 6.07) is 55.6. The van der Waals surface area contributed by atoms with Crippen LogP contribution in [-0.4, -0.2) is 39.9 Å². The van der Waals surface area contributed by atoms with Crippen LogP contribution in [0.5, 0.6) is 0 Å². The molecule has 0 spiro atoms. The molecule has 0 saturated carbocycles. The van der Waals surface area contributed by atoms with Crippen molar-refractivity contribution < 1.29 is 16.0 Å². The van der Waals surface area contributed by atoms with E-state index in [9.17, 15) is 0 Å². The third-order valence-corrected chi connectivity index (χ3v) is 11.5. The zero-order valence-electron chi connectivity index (χ0n) is 31.1. The van der Waals surface area contributed by atoms with Crippen LogP contribution >= 0.6 is 0 Å². The average molecular weight is 805 g/mol. The van der Waals surface area contributed by atoms with Gasteiger partial charge in [-0.2, -0.15) is 0 Å². The van der Waals surface area contributed by atoms with Crippen LogP contribution in [-0.2, 0) is 16.0 Å². The Hall–Kier alpha value is -7.58. The Morgan fingerprint density at radius 1 is 0.305 bits per heavy atom. The summed E-state index contributed by atoms with van der Waals surface area (Å²) in [6.45, 7) is 0. The van der Waals surface area contributed by atoms with Crippen LogP contribution in [0.4, 0.5) is 0 Å². The molecule has 0 amide bonds. The molecule has 9 heteroatoms. The van der Waals surface area contributed by atoms with Gasteiger partial charge in [-0.15, -0.1) is 0 Å². The fraction of sp³-hybridized carbons (Fsp3) is 0. The van der Waals surface area contributed by atoms with Crippen molar-refractivity contribution in [1.29, 1.82) is 0 Å². The Morgan fingerprint density at radius 3 is 1.14 bits per heavy atom. The third kappa shape index (κ3) is 5.51. The van der Waals surface area contributed by atoms with Gasteiger partial charge in [0.2, 0.25) is 0 Å². The van der Waals surface area contributed by atoms with Gasteiger partial charge in [0.15, 0.2) is 23.3 Å². The zero-order valence-corrected chi connectivity index (χ0v) is 32.0. The summed E-state index contributed by atoms with van der Waals surface area (Å²) in [7, 11) is 0. The largest absolute Gasteiger partial charge is 0.324 e. The topological polar surface area (TPSA) is 109 Å². The van der Waals surface area contributed by atoms with Crippen LogP contribution in [0.3, 0.4) is 0 Å². The predicted molar refractivity (Wildman–Crippen MR) is 235 cm³/mol. The first-order valence-corrected chi connectivity index (χ1v) is 19.8. The maximum atomic E-state index is 5.67. The van der Waals surface area contributed by atoms with E-state index >= 15 is 0 Å². The van der Waals surface area contributed by atoms with Gasteiger partial charge in [0, 0.05) is 43.8 Å². The van der Waals surface area contributed by atoms with Gasteiger partial charge in [-0.1, -0.05) is 97.1 Å². The van der Waals surface area contributed by atoms with Crippen molar-refractivity contribution >= 4 is 80.9 Å². The second kappa shape index (κ2) is 13.2. The van der Waals surface area contributed by atoms with E-state index in [0.717, 1.165) is 48.3 Å². The molecule has 59 heavy (non-hydrogen) atoms. The molecule has 0 aliphatic carbocycles. The van der Waals surface area contributed by atoms with E-state index in [-0.39, 0.29) is 0 Å². The Labute approximate surface area is 344 Å². The van der Waals surface area contributed by atoms with Crippen molar-refractivity contribution in [3.63, 3.8) is 0 Å². The Kier molecular flexibility index (Phi) is 7.53. The number of aromatic amines is 2. The second-order valence-electron chi connectivity index (χ2n) is 14.6. The van der Waals surface area contributed by atoms with Crippen LogP contribution in [0.1, 0.15) is 0 Å². The number of hydrogen-bond acceptors (Lipinski definition) is 6. The monoisotopic (exact) mass is 804 g/mol. The average Bonchev–Trinajstić information content (AvgIpc) is 4.02. The van der Waals surface area contributed by atoms with E-state index in [1.165, 1.54) is 32.3 Å². The van der Waals surface area contributed by atoms with Gasteiger partial charge in [0.1, 0.15) is 22.6 Å². The van der Waals surface area contributed by atoms with Crippen LogP contribution in [0.15, 0.2) is 164 Å². The van der Waals surface area contributed by atoms with Crippen molar-refractivity contribution in [2.24, 2.45) is 0 Å². The van der Waals surface area contributed by atoms with Crippen LogP contribution in [0, 0.1) is 0 Å². The summed E-state index contributed by atoms with van der Waals surface area (Å²) in [6.07, 6.45) is 0. The van der Waals surface area contributed by atoms with Gasteiger partial charge < -0.3 is 9.97 Å². The maximum Gasteiger partial charge on any atom is 0.164 e. The zero-order chi connectivity index (χ0) is 39.0. The molecule has 8 bridgehead atoms. The SMILES string of the molecule is [Cu][c]1cccc2ccc3cc4ccccc4cc3c12.c1ccc2c(c1)-c1nc-2nc2[nH]c(nc3nc(nc4[nH]c(n1)c1ccccc41)-c1ccccc1-3)c1ccccc21. The molecule has 0 atom stereocenters. The Bertz CT molecular complexity index is 3400. The minimum absolute atomic E-state index is 0.597. The van der Waals surface area contributed by atoms with E-state index in [4.69, 9.17) is 45.9 Å². The number of H-pyrrole nitrogens is 2. The van der Waals surface area contributed by atoms with E-state index in [2.05, 4.69) is 64.6 Å². The van der Waals surface area contributed by atoms with Gasteiger partial charge in [0.05, 0.1) is 0 Å². The second-order valence-corrected chi connectivity index (χ2v) is 15.1. The molecule has 280 valence electrons. The minimum Gasteiger partial charge on any atom is -0.324 e. The number of benzene rings is 8. The number of aromatic nitrogens is 8. The summed E-state index contributed by atoms with van der Waals surface area (Å²) < 4.78 is 0.908. The van der Waals surface area contributed by atoms with E-state index in [1.807, 2.05) is 109 Å². The molecule has 8 aromatic carbocycles. The summed E-state index contributed by atoms with van der Waals surface area (Å²) in [5, 5.41) is 11.3. The minimum atomic E-state index is 0.597. The van der Waals surface area contributed by atoms with Crippen molar-refractivity contribution in [2.75, 3.05) is 0 Å². The number of nitrogens with zero attached hydrogens (tertiary/aromatic N) is 6. The first kappa shape index (κ1) is 33.5. The van der Waals surface area contributed by atoms with Crippen LogP contribution in [0.25, 0.3) is 122 Å². The van der Waals surface area contributed by atoms with Gasteiger partial charge in [0.25, 0.3) is 0 Å². The molecule has 3 aromatic heterocycles. The van der Waals surface area contributed by atoms with Crippen molar-refractivity contribution in [3.05, 3.63) is 164 Å². The fourth-order valence-electron chi connectivity index (χ4n) is 8.32.